The maximum absolute atomic E-state index is 6.70. The number of hydrogen-bond acceptors (Lipinski definition) is 2. The quantitative estimate of drug-likeness (QED) is 0.182. The van der Waals surface area contributed by atoms with Gasteiger partial charge in [-0.15, -0.1) is 0 Å². The molecule has 12 rings (SSSR count). The van der Waals surface area contributed by atoms with E-state index in [-0.39, 0.29) is 0 Å². The lowest BCUT2D eigenvalue weighted by Gasteiger charge is -2.31. The van der Waals surface area contributed by atoms with Crippen molar-refractivity contribution >= 4 is 49.8 Å². The van der Waals surface area contributed by atoms with Crippen LogP contribution in [0.2, 0.25) is 0 Å². The zero-order chi connectivity index (χ0) is 36.1. The predicted molar refractivity (Wildman–Crippen MR) is 228 cm³/mol. The second-order valence-corrected chi connectivity index (χ2v) is 14.7. The normalized spacial score (nSPS) is 13.2. The van der Waals surface area contributed by atoms with Crippen LogP contribution in [0.25, 0.3) is 66.1 Å². The molecule has 9 aromatic carbocycles. The molecule has 1 aromatic heterocycles. The van der Waals surface area contributed by atoms with E-state index in [1.54, 1.807) is 0 Å². The fraction of sp³-hybridized carbons (Fsp3) is 0.0189. The van der Waals surface area contributed by atoms with Gasteiger partial charge in [-0.3, -0.25) is 0 Å². The van der Waals surface area contributed by atoms with Gasteiger partial charge in [0.25, 0.3) is 0 Å². The van der Waals surface area contributed by atoms with Crippen molar-refractivity contribution in [3.05, 3.63) is 222 Å². The van der Waals surface area contributed by atoms with Crippen molar-refractivity contribution in [3.8, 4) is 33.4 Å². The molecule has 256 valence electrons. The highest BCUT2D eigenvalue weighted by atomic mass is 16.3. The summed E-state index contributed by atoms with van der Waals surface area (Å²) in [4.78, 5) is 2.44. The molecule has 0 N–H and O–H groups in total. The van der Waals surface area contributed by atoms with Crippen molar-refractivity contribution in [1.29, 1.82) is 0 Å². The predicted octanol–water partition coefficient (Wildman–Crippen LogP) is 14.2. The molecule has 0 bridgehead atoms. The second-order valence-electron chi connectivity index (χ2n) is 14.7. The molecule has 0 radical (unpaired) electrons. The topological polar surface area (TPSA) is 16.4 Å². The molecule has 0 atom stereocenters. The number of benzene rings is 9. The van der Waals surface area contributed by atoms with Crippen LogP contribution in [0.4, 0.5) is 17.1 Å². The fourth-order valence-electron chi connectivity index (χ4n) is 9.94. The Hall–Kier alpha value is -7.16. The molecular formula is C53H33NO. The van der Waals surface area contributed by atoms with Crippen LogP contribution in [-0.4, -0.2) is 0 Å². The number of para-hydroxylation sites is 1. The number of anilines is 3. The van der Waals surface area contributed by atoms with E-state index in [1.165, 1.54) is 66.4 Å². The molecule has 0 unspecified atom stereocenters. The Kier molecular flexibility index (Phi) is 6.29. The molecule has 2 nitrogen and oxygen atoms in total. The highest BCUT2D eigenvalue weighted by Crippen LogP contribution is 2.64. The highest BCUT2D eigenvalue weighted by Gasteiger charge is 2.52. The van der Waals surface area contributed by atoms with Gasteiger partial charge >= 0.3 is 0 Å². The average Bonchev–Trinajstić information content (AvgIpc) is 3.88. The Bertz CT molecular complexity index is 3110. The number of furan rings is 1. The van der Waals surface area contributed by atoms with Crippen molar-refractivity contribution in [2.45, 2.75) is 5.41 Å². The summed E-state index contributed by atoms with van der Waals surface area (Å²) in [6.07, 6.45) is 0. The summed E-state index contributed by atoms with van der Waals surface area (Å²) in [6.45, 7) is 0. The van der Waals surface area contributed by atoms with Crippen LogP contribution < -0.4 is 4.90 Å². The first-order chi connectivity index (χ1) is 27.3. The molecule has 0 saturated heterocycles. The Labute approximate surface area is 319 Å². The molecule has 0 saturated carbocycles. The van der Waals surface area contributed by atoms with Crippen molar-refractivity contribution < 1.29 is 4.42 Å². The Morgan fingerprint density at radius 2 is 0.945 bits per heavy atom. The third-order valence-corrected chi connectivity index (χ3v) is 12.1. The largest absolute Gasteiger partial charge is 0.456 e. The van der Waals surface area contributed by atoms with E-state index in [0.29, 0.717) is 0 Å². The lowest BCUT2D eigenvalue weighted by Crippen LogP contribution is -2.26. The first kappa shape index (κ1) is 30.3. The molecule has 1 heterocycles. The summed E-state index contributed by atoms with van der Waals surface area (Å²) >= 11 is 0. The van der Waals surface area contributed by atoms with Crippen LogP contribution in [-0.2, 0) is 5.41 Å². The average molecular weight is 700 g/mol. The van der Waals surface area contributed by atoms with Gasteiger partial charge in [-0.05, 0) is 103 Å². The Balaban J connectivity index is 1.14. The summed E-state index contributed by atoms with van der Waals surface area (Å²) in [5.41, 5.74) is 17.6. The smallest absolute Gasteiger partial charge is 0.136 e. The van der Waals surface area contributed by atoms with Gasteiger partial charge in [-0.25, -0.2) is 0 Å². The first-order valence-electron chi connectivity index (χ1n) is 19.0. The van der Waals surface area contributed by atoms with Gasteiger partial charge in [0.15, 0.2) is 0 Å². The molecule has 0 fully saturated rings. The van der Waals surface area contributed by atoms with Crippen molar-refractivity contribution in [3.63, 3.8) is 0 Å². The van der Waals surface area contributed by atoms with Crippen LogP contribution >= 0.6 is 0 Å². The highest BCUT2D eigenvalue weighted by molar-refractivity contribution is 6.22. The van der Waals surface area contributed by atoms with Gasteiger partial charge in [-0.2, -0.15) is 0 Å². The van der Waals surface area contributed by atoms with E-state index in [9.17, 15) is 0 Å². The number of hydrogen-bond donors (Lipinski definition) is 0. The van der Waals surface area contributed by atoms with E-state index in [1.807, 2.05) is 0 Å². The fourth-order valence-corrected chi connectivity index (χ4v) is 9.94. The van der Waals surface area contributed by atoms with E-state index in [0.717, 1.165) is 39.0 Å². The summed E-state index contributed by atoms with van der Waals surface area (Å²) < 4.78 is 6.70. The zero-order valence-electron chi connectivity index (χ0n) is 29.9. The van der Waals surface area contributed by atoms with Gasteiger partial charge < -0.3 is 9.32 Å². The third-order valence-electron chi connectivity index (χ3n) is 12.1. The molecule has 2 aliphatic carbocycles. The molecule has 1 spiro atoms. The second kappa shape index (κ2) is 11.4. The van der Waals surface area contributed by atoms with Crippen molar-refractivity contribution in [2.24, 2.45) is 0 Å². The zero-order valence-corrected chi connectivity index (χ0v) is 29.9. The minimum absolute atomic E-state index is 0.419. The number of nitrogens with zero attached hydrogens (tertiary/aromatic N) is 1. The van der Waals surface area contributed by atoms with Crippen molar-refractivity contribution in [1.82, 2.24) is 0 Å². The Morgan fingerprint density at radius 3 is 1.67 bits per heavy atom. The molecule has 55 heavy (non-hydrogen) atoms. The van der Waals surface area contributed by atoms with Gasteiger partial charge in [0, 0.05) is 27.7 Å². The molecule has 0 aliphatic heterocycles. The maximum Gasteiger partial charge on any atom is 0.136 e. The van der Waals surface area contributed by atoms with E-state index in [4.69, 9.17) is 4.42 Å². The van der Waals surface area contributed by atoms with Gasteiger partial charge in [0.2, 0.25) is 0 Å². The van der Waals surface area contributed by atoms with Gasteiger partial charge in [0.1, 0.15) is 11.2 Å². The molecule has 10 aromatic rings. The SMILES string of the molecule is c1ccc(-c2cc3oc4ccc(N(c5ccccc5)c5cccc6c5-c5ccccc5C65c6ccccc6-c6ccccc65)cc4c3c3ccccc23)cc1. The van der Waals surface area contributed by atoms with E-state index in [2.05, 4.69) is 205 Å². The number of rotatable bonds is 4. The van der Waals surface area contributed by atoms with Crippen LogP contribution in [0.15, 0.2) is 205 Å². The summed E-state index contributed by atoms with van der Waals surface area (Å²) in [5.74, 6) is 0. The monoisotopic (exact) mass is 699 g/mol. The van der Waals surface area contributed by atoms with Gasteiger partial charge in [0.05, 0.1) is 11.1 Å². The maximum atomic E-state index is 6.70. The molecular weight excluding hydrogens is 667 g/mol. The van der Waals surface area contributed by atoms with Crippen LogP contribution in [0, 0.1) is 0 Å². The lowest BCUT2D eigenvalue weighted by atomic mass is 9.70. The first-order valence-corrected chi connectivity index (χ1v) is 19.0. The van der Waals surface area contributed by atoms with E-state index >= 15 is 0 Å². The lowest BCUT2D eigenvalue weighted by molar-refractivity contribution is 0.669. The van der Waals surface area contributed by atoms with Gasteiger partial charge in [-0.1, -0.05) is 158 Å². The summed E-state index contributed by atoms with van der Waals surface area (Å²) in [5, 5.41) is 4.65. The van der Waals surface area contributed by atoms with E-state index < -0.39 is 5.41 Å². The minimum atomic E-state index is -0.419. The summed E-state index contributed by atoms with van der Waals surface area (Å²) in [6, 6.07) is 73.1. The molecule has 2 heteroatoms. The molecule has 2 aliphatic rings. The van der Waals surface area contributed by atoms with Crippen molar-refractivity contribution in [2.75, 3.05) is 4.90 Å². The van der Waals surface area contributed by atoms with Crippen LogP contribution in [0.3, 0.4) is 0 Å². The van der Waals surface area contributed by atoms with Crippen LogP contribution in [0.1, 0.15) is 22.3 Å². The standard InChI is InChI=1S/C53H33NO/c1-3-16-34(17-4-1)42-33-50-51(40-23-8-7-20-37(40)42)43-32-36(30-31-49(43)55-50)54(35-18-5-2-6-19-35)48-29-15-28-47-52(48)41-24-11-14-27-46(41)53(47)44-25-12-9-21-38(44)39-22-10-13-26-45(39)53/h1-33H. The summed E-state index contributed by atoms with van der Waals surface area (Å²) in [7, 11) is 0. The minimum Gasteiger partial charge on any atom is -0.456 e. The Morgan fingerprint density at radius 1 is 0.364 bits per heavy atom. The number of fused-ring (bicyclic) bond motifs is 15. The van der Waals surface area contributed by atoms with Crippen LogP contribution in [0.5, 0.6) is 0 Å². The third kappa shape index (κ3) is 4.08. The molecule has 0 amide bonds.